The number of carbonyl (C=O) groups is 2. The summed E-state index contributed by atoms with van der Waals surface area (Å²) in [6.07, 6.45) is 4.32. The number of furan rings is 1. The van der Waals surface area contributed by atoms with Gasteiger partial charge in [-0.2, -0.15) is 0 Å². The fraction of sp³-hybridized carbons (Fsp3) is 0.444. The molecule has 4 rings (SSSR count). The third-order valence-corrected chi connectivity index (χ3v) is 5.31. The van der Waals surface area contributed by atoms with E-state index in [1.165, 1.54) is 6.26 Å². The van der Waals surface area contributed by atoms with Crippen molar-refractivity contribution in [2.24, 2.45) is 0 Å². The minimum absolute atomic E-state index is 0.0386. The quantitative estimate of drug-likeness (QED) is 0.430. The van der Waals surface area contributed by atoms with Crippen LogP contribution in [-0.4, -0.2) is 53.2 Å². The van der Waals surface area contributed by atoms with E-state index in [0.717, 1.165) is 18.2 Å². The maximum Gasteiger partial charge on any atom is 0.475 e. The highest BCUT2D eigenvalue weighted by Crippen LogP contribution is 2.34. The summed E-state index contributed by atoms with van der Waals surface area (Å²) in [7, 11) is -1.82. The van der Waals surface area contributed by atoms with Crippen LogP contribution >= 0.6 is 0 Å². The van der Waals surface area contributed by atoms with Gasteiger partial charge in [-0.3, -0.25) is 9.59 Å². The molecule has 9 heteroatoms. The molecule has 2 fully saturated rings. The topological polar surface area (TPSA) is 121 Å². The molecule has 4 atom stereocenters. The predicted octanol–water partition coefficient (Wildman–Crippen LogP) is -0.0918. The molecule has 0 saturated carbocycles. The molecule has 27 heavy (non-hydrogen) atoms. The largest absolute Gasteiger partial charge is 0.475 e. The van der Waals surface area contributed by atoms with Crippen LogP contribution in [0.5, 0.6) is 0 Å². The zero-order valence-corrected chi connectivity index (χ0v) is 14.6. The molecule has 8 nitrogen and oxygen atoms in total. The second-order valence-corrected chi connectivity index (χ2v) is 7.14. The number of rotatable bonds is 5. The Balaban J connectivity index is 1.39. The van der Waals surface area contributed by atoms with Crippen LogP contribution in [0.3, 0.4) is 0 Å². The summed E-state index contributed by atoms with van der Waals surface area (Å²) >= 11 is 0. The Morgan fingerprint density at radius 3 is 2.74 bits per heavy atom. The number of amides is 2. The van der Waals surface area contributed by atoms with E-state index in [0.29, 0.717) is 17.6 Å². The zero-order valence-electron chi connectivity index (χ0n) is 14.6. The van der Waals surface area contributed by atoms with Crippen LogP contribution in [0.15, 0.2) is 34.9 Å². The molecular weight excluding hydrogens is 351 g/mol. The maximum absolute atomic E-state index is 12.2. The lowest BCUT2D eigenvalue weighted by molar-refractivity contribution is -0.140. The van der Waals surface area contributed by atoms with Crippen LogP contribution in [0.25, 0.3) is 11.0 Å². The Kier molecular flexibility index (Phi) is 4.90. The molecular formula is C18H21BN2O6. The molecule has 2 bridgehead atoms. The van der Waals surface area contributed by atoms with Crippen molar-refractivity contribution in [3.05, 3.63) is 36.1 Å². The minimum Gasteiger partial charge on any atom is -0.464 e. The summed E-state index contributed by atoms with van der Waals surface area (Å²) in [5, 5.41) is 25.2. The number of hydrogen-bond acceptors (Lipinski definition) is 6. The highest BCUT2D eigenvalue weighted by atomic mass is 16.5. The summed E-state index contributed by atoms with van der Waals surface area (Å²) < 4.78 is 11.1. The number of carbonyl (C=O) groups excluding carboxylic acids is 2. The van der Waals surface area contributed by atoms with E-state index in [-0.39, 0.29) is 24.7 Å². The molecule has 4 N–H and O–H groups in total. The van der Waals surface area contributed by atoms with Gasteiger partial charge in [0, 0.05) is 5.39 Å². The monoisotopic (exact) mass is 372 g/mol. The lowest BCUT2D eigenvalue weighted by Gasteiger charge is -2.21. The summed E-state index contributed by atoms with van der Waals surface area (Å²) in [6, 6.07) is 7.15. The molecule has 2 aromatic rings. The molecule has 3 heterocycles. The smallest absolute Gasteiger partial charge is 0.464 e. The first kappa shape index (κ1) is 18.0. The van der Waals surface area contributed by atoms with Crippen molar-refractivity contribution in [2.45, 2.75) is 49.9 Å². The van der Waals surface area contributed by atoms with Crippen molar-refractivity contribution in [1.29, 1.82) is 0 Å². The Morgan fingerprint density at radius 2 is 2.04 bits per heavy atom. The number of hydrogen-bond donors (Lipinski definition) is 4. The second-order valence-electron chi connectivity index (χ2n) is 7.14. The van der Waals surface area contributed by atoms with Crippen molar-refractivity contribution < 1.29 is 28.8 Å². The van der Waals surface area contributed by atoms with Gasteiger partial charge in [0.2, 0.25) is 0 Å². The van der Waals surface area contributed by atoms with E-state index in [1.807, 2.05) is 18.2 Å². The van der Waals surface area contributed by atoms with Crippen LogP contribution in [0.1, 0.15) is 24.8 Å². The van der Waals surface area contributed by atoms with Gasteiger partial charge in [0.1, 0.15) is 5.58 Å². The molecule has 0 spiro atoms. The number of para-hydroxylation sites is 1. The first-order valence-corrected chi connectivity index (χ1v) is 9.09. The third-order valence-electron chi connectivity index (χ3n) is 5.31. The Morgan fingerprint density at radius 1 is 1.22 bits per heavy atom. The van der Waals surface area contributed by atoms with Crippen molar-refractivity contribution in [1.82, 2.24) is 10.6 Å². The molecule has 1 aromatic heterocycles. The van der Waals surface area contributed by atoms with Gasteiger partial charge in [-0.1, -0.05) is 18.2 Å². The Labute approximate surface area is 156 Å². The molecule has 2 saturated heterocycles. The lowest BCUT2D eigenvalue weighted by atomic mass is 9.76. The van der Waals surface area contributed by atoms with E-state index >= 15 is 0 Å². The van der Waals surface area contributed by atoms with Crippen LogP contribution < -0.4 is 10.6 Å². The van der Waals surface area contributed by atoms with Crippen LogP contribution in [-0.2, 0) is 20.7 Å². The SMILES string of the molecule is O=C(NC(Cc1coc2ccccc12)B(O)O)C(=O)NC1CC2CCC1O2. The van der Waals surface area contributed by atoms with Crippen molar-refractivity contribution in [3.8, 4) is 0 Å². The highest BCUT2D eigenvalue weighted by molar-refractivity contribution is 6.45. The Bertz CT molecular complexity index is 853. The van der Waals surface area contributed by atoms with Gasteiger partial charge in [-0.05, 0) is 37.3 Å². The van der Waals surface area contributed by atoms with Crippen molar-refractivity contribution >= 4 is 29.9 Å². The summed E-state index contributed by atoms with van der Waals surface area (Å²) in [4.78, 5) is 24.4. The zero-order chi connectivity index (χ0) is 19.0. The molecule has 2 amide bonds. The van der Waals surface area contributed by atoms with Crippen molar-refractivity contribution in [2.75, 3.05) is 0 Å². The van der Waals surface area contributed by atoms with Crippen molar-refractivity contribution in [3.63, 3.8) is 0 Å². The summed E-state index contributed by atoms with van der Waals surface area (Å²) in [6.45, 7) is 0. The predicted molar refractivity (Wildman–Crippen MR) is 96.5 cm³/mol. The normalized spacial score (nSPS) is 24.7. The number of benzene rings is 1. The van der Waals surface area contributed by atoms with Gasteiger partial charge < -0.3 is 29.8 Å². The Hall–Kier alpha value is -2.36. The average molecular weight is 372 g/mol. The molecule has 2 aliphatic heterocycles. The summed E-state index contributed by atoms with van der Waals surface area (Å²) in [5.41, 5.74) is 1.38. The van der Waals surface area contributed by atoms with Crippen LogP contribution in [0.4, 0.5) is 0 Å². The van der Waals surface area contributed by atoms with Crippen LogP contribution in [0.2, 0.25) is 0 Å². The van der Waals surface area contributed by atoms with E-state index in [2.05, 4.69) is 10.6 Å². The molecule has 0 radical (unpaired) electrons. The number of nitrogens with one attached hydrogen (secondary N) is 2. The fourth-order valence-corrected chi connectivity index (χ4v) is 3.92. The van der Waals surface area contributed by atoms with E-state index in [1.54, 1.807) is 6.07 Å². The van der Waals surface area contributed by atoms with Gasteiger partial charge in [-0.15, -0.1) is 0 Å². The first-order valence-electron chi connectivity index (χ1n) is 9.09. The van der Waals surface area contributed by atoms with E-state index in [9.17, 15) is 19.6 Å². The lowest BCUT2D eigenvalue weighted by Crippen LogP contribution is -2.54. The van der Waals surface area contributed by atoms with Crippen LogP contribution in [0, 0.1) is 0 Å². The molecule has 1 aromatic carbocycles. The molecule has 4 unspecified atom stereocenters. The van der Waals surface area contributed by atoms with Gasteiger partial charge >= 0.3 is 18.9 Å². The maximum atomic E-state index is 12.2. The average Bonchev–Trinajstić information content (AvgIpc) is 3.37. The first-order chi connectivity index (χ1) is 13.0. The molecule has 142 valence electrons. The van der Waals surface area contributed by atoms with Gasteiger partial charge in [-0.25, -0.2) is 0 Å². The molecule has 0 aliphatic carbocycles. The minimum atomic E-state index is -1.82. The van der Waals surface area contributed by atoms with Gasteiger partial charge in [0.25, 0.3) is 0 Å². The fourth-order valence-electron chi connectivity index (χ4n) is 3.92. The van der Waals surface area contributed by atoms with E-state index in [4.69, 9.17) is 9.15 Å². The second kappa shape index (κ2) is 7.34. The van der Waals surface area contributed by atoms with Gasteiger partial charge in [0.05, 0.1) is 30.5 Å². The molecule has 2 aliphatic rings. The number of ether oxygens (including phenoxy) is 1. The van der Waals surface area contributed by atoms with Gasteiger partial charge in [0.15, 0.2) is 0 Å². The standard InChI is InChI=1S/C18H21BN2O6/c22-17(20-13-8-11-5-6-15(13)27-11)18(23)21-16(19(24)25)7-10-9-26-14-4-2-1-3-12(10)14/h1-4,9,11,13,15-16,24-25H,5-8H2,(H,20,22)(H,21,23). The highest BCUT2D eigenvalue weighted by Gasteiger charge is 2.42. The number of fused-ring (bicyclic) bond motifs is 3. The summed E-state index contributed by atoms with van der Waals surface area (Å²) in [5.74, 6) is -2.73. The van der Waals surface area contributed by atoms with E-state index < -0.39 is 24.9 Å². The third kappa shape index (κ3) is 3.71.